The van der Waals surface area contributed by atoms with E-state index in [1.54, 1.807) is 0 Å². The maximum absolute atomic E-state index is 5.99. The minimum atomic E-state index is -0.218. The van der Waals surface area contributed by atoms with E-state index >= 15 is 0 Å². The Balaban J connectivity index is 2.21. The minimum Gasteiger partial charge on any atom is -0.376 e. The van der Waals surface area contributed by atoms with Crippen molar-refractivity contribution in [2.45, 2.75) is 51.8 Å². The number of rotatable bonds is 3. The summed E-state index contributed by atoms with van der Waals surface area (Å²) < 4.78 is 11.8. The summed E-state index contributed by atoms with van der Waals surface area (Å²) >= 11 is 0. The van der Waals surface area contributed by atoms with Gasteiger partial charge in [-0.15, -0.1) is 0 Å². The Morgan fingerprint density at radius 1 is 1.33 bits per heavy atom. The predicted octanol–water partition coefficient (Wildman–Crippen LogP) is 1.97. The van der Waals surface area contributed by atoms with Crippen LogP contribution >= 0.6 is 0 Å². The van der Waals surface area contributed by atoms with E-state index in [0.717, 1.165) is 13.0 Å². The van der Waals surface area contributed by atoms with E-state index in [1.165, 1.54) is 0 Å². The summed E-state index contributed by atoms with van der Waals surface area (Å²) in [6, 6.07) is -0.218. The monoisotopic (exact) mass is 208 g/mol. The second-order valence-corrected chi connectivity index (χ2v) is 5.79. The third-order valence-corrected chi connectivity index (χ3v) is 3.65. The summed E-state index contributed by atoms with van der Waals surface area (Å²) in [4.78, 5) is 0. The summed E-state index contributed by atoms with van der Waals surface area (Å²) in [6.07, 6.45) is 1.17. The average Bonchev–Trinajstić information content (AvgIpc) is 2.53. The normalized spacial score (nSPS) is 44.5. The molecule has 4 atom stereocenters. The Hall–Kier alpha value is -0.0151. The maximum Gasteiger partial charge on any atom is 0.112 e. The molecule has 0 amide bonds. The summed E-state index contributed by atoms with van der Waals surface area (Å²) in [5.41, 5.74) is -0.105. The largest absolute Gasteiger partial charge is 0.376 e. The molecule has 0 aliphatic carbocycles. The molecule has 84 valence electrons. The molecule has 15 heavy (non-hydrogen) atoms. The van der Waals surface area contributed by atoms with Crippen molar-refractivity contribution in [3.63, 3.8) is 0 Å². The molecule has 2 nitrogen and oxygen atoms in total. The molecule has 2 fully saturated rings. The highest BCUT2D eigenvalue weighted by Crippen LogP contribution is 2.50. The SMILES string of the molecule is [B][C@@H]1OC2(CC(C)C)CO[C@@H]1C2C(C)C. The van der Waals surface area contributed by atoms with Crippen molar-refractivity contribution in [3.05, 3.63) is 0 Å². The van der Waals surface area contributed by atoms with Gasteiger partial charge in [0.15, 0.2) is 0 Å². The van der Waals surface area contributed by atoms with Gasteiger partial charge in [0.25, 0.3) is 0 Å². The van der Waals surface area contributed by atoms with E-state index in [2.05, 4.69) is 27.7 Å². The maximum atomic E-state index is 5.99. The van der Waals surface area contributed by atoms with Crippen LogP contribution in [0.25, 0.3) is 0 Å². The number of hydrogen-bond acceptors (Lipinski definition) is 2. The third kappa shape index (κ3) is 1.74. The summed E-state index contributed by atoms with van der Waals surface area (Å²) in [5, 5.41) is 0. The smallest absolute Gasteiger partial charge is 0.112 e. The molecule has 3 heteroatoms. The lowest BCUT2D eigenvalue weighted by Gasteiger charge is -2.34. The highest BCUT2D eigenvalue weighted by atomic mass is 16.6. The lowest BCUT2D eigenvalue weighted by Crippen LogP contribution is -2.41. The van der Waals surface area contributed by atoms with Gasteiger partial charge >= 0.3 is 0 Å². The molecule has 2 aliphatic heterocycles. The van der Waals surface area contributed by atoms with Gasteiger partial charge in [0, 0.05) is 11.9 Å². The average molecular weight is 208 g/mol. The summed E-state index contributed by atoms with van der Waals surface area (Å²) in [7, 11) is 5.96. The number of hydrogen-bond donors (Lipinski definition) is 0. The molecule has 0 spiro atoms. The zero-order valence-corrected chi connectivity index (χ0v) is 10.2. The number of fused-ring (bicyclic) bond motifs is 2. The van der Waals surface area contributed by atoms with Crippen LogP contribution in [-0.2, 0) is 9.47 Å². The lowest BCUT2D eigenvalue weighted by atomic mass is 9.74. The van der Waals surface area contributed by atoms with Crippen LogP contribution in [0.5, 0.6) is 0 Å². The van der Waals surface area contributed by atoms with Crippen LogP contribution < -0.4 is 0 Å². The zero-order chi connectivity index (χ0) is 11.2. The van der Waals surface area contributed by atoms with Gasteiger partial charge in [-0.1, -0.05) is 27.7 Å². The fourth-order valence-corrected chi connectivity index (χ4v) is 3.41. The van der Waals surface area contributed by atoms with Gasteiger partial charge in [0.05, 0.1) is 18.3 Å². The molecule has 2 saturated heterocycles. The molecule has 2 rings (SSSR count). The minimum absolute atomic E-state index is 0.105. The standard InChI is InChI=1S/C12H21BO2/c1-7(2)5-12-6-14-10(11(13)15-12)9(12)8(3)4/h7-11H,5-6H2,1-4H3/t9?,10-,11-,12?/m1/s1. The molecule has 2 unspecified atom stereocenters. The molecule has 0 aromatic heterocycles. The first-order chi connectivity index (χ1) is 6.96. The van der Waals surface area contributed by atoms with Crippen molar-refractivity contribution >= 4 is 7.85 Å². The topological polar surface area (TPSA) is 18.5 Å². The van der Waals surface area contributed by atoms with Crippen molar-refractivity contribution in [1.82, 2.24) is 0 Å². The van der Waals surface area contributed by atoms with E-state index < -0.39 is 0 Å². The van der Waals surface area contributed by atoms with Crippen molar-refractivity contribution < 1.29 is 9.47 Å². The van der Waals surface area contributed by atoms with Crippen molar-refractivity contribution in [2.24, 2.45) is 17.8 Å². The first-order valence-electron chi connectivity index (χ1n) is 6.01. The van der Waals surface area contributed by atoms with Gasteiger partial charge in [0.2, 0.25) is 0 Å². The van der Waals surface area contributed by atoms with Gasteiger partial charge in [-0.2, -0.15) is 0 Å². The van der Waals surface area contributed by atoms with E-state index in [0.29, 0.717) is 17.8 Å². The highest BCUT2D eigenvalue weighted by molar-refractivity contribution is 6.11. The molecule has 0 aromatic carbocycles. The Morgan fingerprint density at radius 2 is 2.00 bits per heavy atom. The van der Waals surface area contributed by atoms with Crippen molar-refractivity contribution in [1.29, 1.82) is 0 Å². The summed E-state index contributed by atoms with van der Waals surface area (Å²) in [6.45, 7) is 9.66. The van der Waals surface area contributed by atoms with Crippen LogP contribution in [0.4, 0.5) is 0 Å². The Labute approximate surface area is 94.1 Å². The van der Waals surface area contributed by atoms with Crippen molar-refractivity contribution in [3.8, 4) is 0 Å². The van der Waals surface area contributed by atoms with Crippen LogP contribution in [0, 0.1) is 17.8 Å². The molecule has 0 aromatic rings. The first kappa shape index (κ1) is 11.5. The Bertz CT molecular complexity index is 242. The fraction of sp³-hybridized carbons (Fsp3) is 1.00. The molecule has 2 heterocycles. The Kier molecular flexibility index (Phi) is 2.89. The van der Waals surface area contributed by atoms with Crippen LogP contribution in [0.2, 0.25) is 0 Å². The molecule has 0 N–H and O–H groups in total. The molecule has 2 bridgehead atoms. The molecule has 0 saturated carbocycles. The number of ether oxygens (including phenoxy) is 2. The fourth-order valence-electron chi connectivity index (χ4n) is 3.41. The van der Waals surface area contributed by atoms with Crippen LogP contribution in [0.1, 0.15) is 34.1 Å². The van der Waals surface area contributed by atoms with E-state index in [-0.39, 0.29) is 17.7 Å². The van der Waals surface area contributed by atoms with Gasteiger partial charge in [-0.05, 0) is 18.3 Å². The third-order valence-electron chi connectivity index (χ3n) is 3.65. The van der Waals surface area contributed by atoms with Gasteiger partial charge < -0.3 is 9.47 Å². The zero-order valence-electron chi connectivity index (χ0n) is 10.2. The van der Waals surface area contributed by atoms with E-state index in [9.17, 15) is 0 Å². The Morgan fingerprint density at radius 3 is 2.47 bits per heavy atom. The van der Waals surface area contributed by atoms with Gasteiger partial charge in [-0.25, -0.2) is 0 Å². The second-order valence-electron chi connectivity index (χ2n) is 5.79. The van der Waals surface area contributed by atoms with Crippen molar-refractivity contribution in [2.75, 3.05) is 6.61 Å². The molecular formula is C12H21BO2. The highest BCUT2D eigenvalue weighted by Gasteiger charge is 2.59. The summed E-state index contributed by atoms with van der Waals surface area (Å²) in [5.74, 6) is 1.67. The van der Waals surface area contributed by atoms with E-state index in [1.807, 2.05) is 0 Å². The molecule has 2 radical (unpaired) electrons. The van der Waals surface area contributed by atoms with Crippen LogP contribution in [-0.4, -0.2) is 32.2 Å². The van der Waals surface area contributed by atoms with Gasteiger partial charge in [0.1, 0.15) is 7.85 Å². The van der Waals surface area contributed by atoms with Gasteiger partial charge in [-0.3, -0.25) is 0 Å². The van der Waals surface area contributed by atoms with Crippen LogP contribution in [0.15, 0.2) is 0 Å². The molecule has 2 aliphatic rings. The molecular weight excluding hydrogens is 187 g/mol. The van der Waals surface area contributed by atoms with Crippen LogP contribution in [0.3, 0.4) is 0 Å². The second kappa shape index (κ2) is 3.78. The van der Waals surface area contributed by atoms with E-state index in [4.69, 9.17) is 17.3 Å². The quantitative estimate of drug-likeness (QED) is 0.660. The predicted molar refractivity (Wildman–Crippen MR) is 60.9 cm³/mol. The first-order valence-corrected chi connectivity index (χ1v) is 6.01. The lowest BCUT2D eigenvalue weighted by molar-refractivity contribution is -0.122.